The predicted molar refractivity (Wildman–Crippen MR) is 74.7 cm³/mol. The second-order valence-corrected chi connectivity index (χ2v) is 6.67. The standard InChI is InChI=1S/C15H26N2O2/c1-12-10-17(9-5-14(12)16-18)11-13-4-8-15(19-13)6-2-3-7-15/h12-13,18H,2-11H2,1H3. The Balaban J connectivity index is 1.50. The van der Waals surface area contributed by atoms with Crippen molar-refractivity contribution in [3.63, 3.8) is 0 Å². The van der Waals surface area contributed by atoms with Crippen molar-refractivity contribution in [3.8, 4) is 0 Å². The van der Waals surface area contributed by atoms with E-state index in [1.807, 2.05) is 0 Å². The number of ether oxygens (including phenoxy) is 1. The summed E-state index contributed by atoms with van der Waals surface area (Å²) in [5, 5.41) is 12.3. The lowest BCUT2D eigenvalue weighted by atomic mass is 9.96. The molecule has 1 N–H and O–H groups in total. The highest BCUT2D eigenvalue weighted by molar-refractivity contribution is 5.86. The first kappa shape index (κ1) is 13.4. The van der Waals surface area contributed by atoms with Gasteiger partial charge in [-0.2, -0.15) is 0 Å². The first-order valence-electron chi connectivity index (χ1n) is 7.82. The number of piperidine rings is 1. The van der Waals surface area contributed by atoms with E-state index >= 15 is 0 Å². The molecule has 1 aliphatic carbocycles. The summed E-state index contributed by atoms with van der Waals surface area (Å²) in [6.45, 7) is 5.23. The van der Waals surface area contributed by atoms with Crippen molar-refractivity contribution in [1.82, 2.24) is 4.90 Å². The second-order valence-electron chi connectivity index (χ2n) is 6.67. The maximum absolute atomic E-state index is 8.92. The van der Waals surface area contributed by atoms with Crippen molar-refractivity contribution < 1.29 is 9.94 Å². The molecule has 0 radical (unpaired) electrons. The van der Waals surface area contributed by atoms with Crippen LogP contribution >= 0.6 is 0 Å². The molecule has 3 rings (SSSR count). The van der Waals surface area contributed by atoms with E-state index in [0.717, 1.165) is 31.8 Å². The van der Waals surface area contributed by atoms with Gasteiger partial charge in [0.25, 0.3) is 0 Å². The zero-order valence-electron chi connectivity index (χ0n) is 12.0. The quantitative estimate of drug-likeness (QED) is 0.617. The summed E-state index contributed by atoms with van der Waals surface area (Å²) in [5.74, 6) is 0.376. The Labute approximate surface area is 115 Å². The average Bonchev–Trinajstić information content (AvgIpc) is 3.01. The molecule has 0 aromatic rings. The number of likely N-dealkylation sites (tertiary alicyclic amines) is 1. The maximum atomic E-state index is 8.92. The summed E-state index contributed by atoms with van der Waals surface area (Å²) in [4.78, 5) is 2.48. The van der Waals surface area contributed by atoms with Crippen LogP contribution < -0.4 is 0 Å². The molecular formula is C15H26N2O2. The molecule has 2 saturated heterocycles. The minimum absolute atomic E-state index is 0.254. The van der Waals surface area contributed by atoms with Gasteiger partial charge < -0.3 is 9.94 Å². The van der Waals surface area contributed by atoms with Gasteiger partial charge in [-0.1, -0.05) is 24.9 Å². The smallest absolute Gasteiger partial charge is 0.0710 e. The normalized spacial score (nSPS) is 37.4. The van der Waals surface area contributed by atoms with E-state index in [1.165, 1.54) is 38.5 Å². The topological polar surface area (TPSA) is 45.1 Å². The molecule has 4 nitrogen and oxygen atoms in total. The van der Waals surface area contributed by atoms with Gasteiger partial charge in [0.2, 0.25) is 0 Å². The van der Waals surface area contributed by atoms with Crippen LogP contribution in [0.4, 0.5) is 0 Å². The third kappa shape index (κ3) is 2.79. The van der Waals surface area contributed by atoms with E-state index in [1.54, 1.807) is 0 Å². The van der Waals surface area contributed by atoms with E-state index < -0.39 is 0 Å². The van der Waals surface area contributed by atoms with Crippen molar-refractivity contribution in [2.75, 3.05) is 19.6 Å². The number of hydrogen-bond acceptors (Lipinski definition) is 4. The molecule has 3 aliphatic rings. The van der Waals surface area contributed by atoms with Gasteiger partial charge in [-0.3, -0.25) is 4.90 Å². The van der Waals surface area contributed by atoms with E-state index in [2.05, 4.69) is 17.0 Å². The lowest BCUT2D eigenvalue weighted by molar-refractivity contribution is -0.0482. The Morgan fingerprint density at radius 1 is 1.37 bits per heavy atom. The third-order valence-electron chi connectivity index (χ3n) is 5.23. The fourth-order valence-electron chi connectivity index (χ4n) is 4.12. The highest BCUT2D eigenvalue weighted by atomic mass is 16.5. The van der Waals surface area contributed by atoms with Gasteiger partial charge in [0.15, 0.2) is 0 Å². The van der Waals surface area contributed by atoms with Crippen LogP contribution in [-0.4, -0.2) is 47.2 Å². The van der Waals surface area contributed by atoms with Gasteiger partial charge in [-0.25, -0.2) is 0 Å². The number of hydrogen-bond donors (Lipinski definition) is 1. The van der Waals surface area contributed by atoms with Crippen LogP contribution in [0, 0.1) is 5.92 Å². The van der Waals surface area contributed by atoms with Crippen LogP contribution in [-0.2, 0) is 4.74 Å². The molecule has 108 valence electrons. The Morgan fingerprint density at radius 2 is 2.16 bits per heavy atom. The zero-order valence-corrected chi connectivity index (χ0v) is 12.0. The highest BCUT2D eigenvalue weighted by Crippen LogP contribution is 2.43. The fraction of sp³-hybridized carbons (Fsp3) is 0.933. The van der Waals surface area contributed by atoms with E-state index in [-0.39, 0.29) is 5.60 Å². The predicted octanol–water partition coefficient (Wildman–Crippen LogP) is 2.65. The second kappa shape index (κ2) is 5.41. The summed E-state index contributed by atoms with van der Waals surface area (Å²) in [6.07, 6.45) is 9.08. The molecule has 2 unspecified atom stereocenters. The van der Waals surface area contributed by atoms with Crippen LogP contribution in [0.2, 0.25) is 0 Å². The monoisotopic (exact) mass is 266 g/mol. The van der Waals surface area contributed by atoms with Crippen LogP contribution in [0.5, 0.6) is 0 Å². The number of rotatable bonds is 2. The molecule has 0 amide bonds. The molecule has 3 fully saturated rings. The molecule has 1 saturated carbocycles. The summed E-state index contributed by atoms with van der Waals surface area (Å²) in [5.41, 5.74) is 1.21. The summed E-state index contributed by atoms with van der Waals surface area (Å²) in [6, 6.07) is 0. The van der Waals surface area contributed by atoms with Crippen molar-refractivity contribution in [2.45, 2.75) is 63.6 Å². The van der Waals surface area contributed by atoms with Crippen molar-refractivity contribution >= 4 is 5.71 Å². The van der Waals surface area contributed by atoms with Crippen molar-refractivity contribution in [1.29, 1.82) is 0 Å². The van der Waals surface area contributed by atoms with Crippen LogP contribution in [0.25, 0.3) is 0 Å². The number of nitrogens with zero attached hydrogens (tertiary/aromatic N) is 2. The lowest BCUT2D eigenvalue weighted by Gasteiger charge is -2.33. The van der Waals surface area contributed by atoms with Gasteiger partial charge in [0.1, 0.15) is 0 Å². The lowest BCUT2D eigenvalue weighted by Crippen LogP contribution is -2.43. The Kier molecular flexibility index (Phi) is 3.81. The van der Waals surface area contributed by atoms with Crippen LogP contribution in [0.15, 0.2) is 5.16 Å². The van der Waals surface area contributed by atoms with Crippen molar-refractivity contribution in [2.24, 2.45) is 11.1 Å². The SMILES string of the molecule is CC1CN(CC2CCC3(CCCC3)O2)CCC1=NO. The van der Waals surface area contributed by atoms with E-state index in [0.29, 0.717) is 12.0 Å². The first-order chi connectivity index (χ1) is 9.21. The zero-order chi connectivity index (χ0) is 13.3. The van der Waals surface area contributed by atoms with E-state index in [9.17, 15) is 0 Å². The summed E-state index contributed by atoms with van der Waals surface area (Å²) >= 11 is 0. The number of oxime groups is 1. The van der Waals surface area contributed by atoms with Gasteiger partial charge in [-0.05, 0) is 25.7 Å². The van der Waals surface area contributed by atoms with Crippen LogP contribution in [0.3, 0.4) is 0 Å². The van der Waals surface area contributed by atoms with Crippen LogP contribution in [0.1, 0.15) is 51.9 Å². The molecule has 4 heteroatoms. The molecule has 0 aromatic heterocycles. The highest BCUT2D eigenvalue weighted by Gasteiger charge is 2.42. The van der Waals surface area contributed by atoms with Gasteiger partial charge in [-0.15, -0.1) is 0 Å². The molecule has 0 aromatic carbocycles. The molecular weight excluding hydrogens is 240 g/mol. The largest absolute Gasteiger partial charge is 0.411 e. The van der Waals surface area contributed by atoms with Gasteiger partial charge in [0, 0.05) is 32.0 Å². The fourth-order valence-corrected chi connectivity index (χ4v) is 4.12. The minimum atomic E-state index is 0.254. The Morgan fingerprint density at radius 3 is 2.84 bits per heavy atom. The first-order valence-corrected chi connectivity index (χ1v) is 7.82. The minimum Gasteiger partial charge on any atom is -0.411 e. The molecule has 0 bridgehead atoms. The van der Waals surface area contributed by atoms with E-state index in [4.69, 9.17) is 9.94 Å². The Hall–Kier alpha value is -0.610. The molecule has 2 heterocycles. The molecule has 2 atom stereocenters. The van der Waals surface area contributed by atoms with Crippen molar-refractivity contribution in [3.05, 3.63) is 0 Å². The summed E-state index contributed by atoms with van der Waals surface area (Å²) < 4.78 is 6.38. The Bertz CT molecular complexity index is 350. The average molecular weight is 266 g/mol. The van der Waals surface area contributed by atoms with Gasteiger partial charge in [0.05, 0.1) is 17.4 Å². The summed E-state index contributed by atoms with van der Waals surface area (Å²) in [7, 11) is 0. The van der Waals surface area contributed by atoms with Gasteiger partial charge >= 0.3 is 0 Å². The molecule has 2 aliphatic heterocycles. The molecule has 1 spiro atoms. The third-order valence-corrected chi connectivity index (χ3v) is 5.23. The maximum Gasteiger partial charge on any atom is 0.0710 e. The molecule has 19 heavy (non-hydrogen) atoms.